The molecule has 3 N–H and O–H groups in total. The molecule has 150 valence electrons. The molecule has 1 amide bonds. The first-order valence-corrected chi connectivity index (χ1v) is 10.9. The molecule has 1 unspecified atom stereocenters. The maximum Gasteiger partial charge on any atom is 0.219 e. The Balaban J connectivity index is 1.57. The van der Waals surface area contributed by atoms with E-state index in [-0.39, 0.29) is 5.91 Å². The molecule has 1 saturated carbocycles. The van der Waals surface area contributed by atoms with E-state index in [2.05, 4.69) is 17.4 Å². The van der Waals surface area contributed by atoms with Crippen LogP contribution < -0.4 is 11.1 Å². The molecular weight excluding hydrogens is 372 g/mol. The van der Waals surface area contributed by atoms with Gasteiger partial charge < -0.3 is 20.7 Å². The Morgan fingerprint density at radius 3 is 2.93 bits per heavy atom. The fraction of sp³-hybridized carbons (Fsp3) is 0.524. The smallest absolute Gasteiger partial charge is 0.219 e. The second kappa shape index (κ2) is 8.57. The van der Waals surface area contributed by atoms with Gasteiger partial charge in [0.15, 0.2) is 0 Å². The second-order valence-corrected chi connectivity index (χ2v) is 9.04. The standard InChI is InChI=1S/C21H28N4O2S/c1-14(26)25-9-7-20(23-16-8-10-27-13-16)19(12-25)21(22)24-15-3-2-4-18(11-15)28-17-5-6-17/h2-4,11,16-17,23H,5-10,12-13H2,1H3,(H2,22,24). The minimum absolute atomic E-state index is 0.0661. The average Bonchev–Trinajstić information content (AvgIpc) is 3.34. The molecule has 6 nitrogen and oxygen atoms in total. The molecule has 1 aromatic carbocycles. The first kappa shape index (κ1) is 19.3. The van der Waals surface area contributed by atoms with Crippen molar-refractivity contribution < 1.29 is 9.53 Å². The SMILES string of the molecule is CC(=O)N1CCC(NC2CCOC2)=C(C(N)=Nc2cccc(SC3CC3)c2)C1. The van der Waals surface area contributed by atoms with Gasteiger partial charge in [-0.25, -0.2) is 4.99 Å². The van der Waals surface area contributed by atoms with Crippen molar-refractivity contribution in [2.24, 2.45) is 10.7 Å². The summed E-state index contributed by atoms with van der Waals surface area (Å²) in [5, 5.41) is 4.35. The number of amidine groups is 1. The zero-order valence-electron chi connectivity index (χ0n) is 16.3. The van der Waals surface area contributed by atoms with Gasteiger partial charge in [0.2, 0.25) is 5.91 Å². The number of aliphatic imine (C=N–C) groups is 1. The molecule has 1 saturated heterocycles. The summed E-state index contributed by atoms with van der Waals surface area (Å²) < 4.78 is 5.49. The Morgan fingerprint density at radius 2 is 2.21 bits per heavy atom. The van der Waals surface area contributed by atoms with E-state index in [0.717, 1.165) is 41.7 Å². The molecule has 0 bridgehead atoms. The van der Waals surface area contributed by atoms with Crippen LogP contribution in [0.3, 0.4) is 0 Å². The summed E-state index contributed by atoms with van der Waals surface area (Å²) in [7, 11) is 0. The Labute approximate surface area is 170 Å². The molecule has 3 aliphatic rings. The molecule has 1 atom stereocenters. The zero-order valence-corrected chi connectivity index (χ0v) is 17.1. The minimum Gasteiger partial charge on any atom is -0.383 e. The van der Waals surface area contributed by atoms with Crippen molar-refractivity contribution >= 4 is 29.2 Å². The van der Waals surface area contributed by atoms with Crippen molar-refractivity contribution in [2.45, 2.75) is 48.8 Å². The third-order valence-corrected chi connectivity index (χ3v) is 6.63. The lowest BCUT2D eigenvalue weighted by molar-refractivity contribution is -0.128. The molecule has 2 fully saturated rings. The fourth-order valence-electron chi connectivity index (χ4n) is 3.53. The quantitative estimate of drug-likeness (QED) is 0.567. The van der Waals surface area contributed by atoms with Gasteiger partial charge in [0.05, 0.1) is 24.9 Å². The second-order valence-electron chi connectivity index (χ2n) is 7.66. The number of carbonyl (C=O) groups is 1. The minimum atomic E-state index is 0.0661. The summed E-state index contributed by atoms with van der Waals surface area (Å²) in [5.74, 6) is 0.553. The number of benzene rings is 1. The number of rotatable bonds is 6. The number of carbonyl (C=O) groups excluding carboxylic acids is 1. The molecule has 0 radical (unpaired) electrons. The van der Waals surface area contributed by atoms with Crippen LogP contribution in [-0.2, 0) is 9.53 Å². The average molecular weight is 401 g/mol. The highest BCUT2D eigenvalue weighted by molar-refractivity contribution is 8.00. The lowest BCUT2D eigenvalue weighted by Crippen LogP contribution is -2.43. The first-order valence-electron chi connectivity index (χ1n) is 10.0. The van der Waals surface area contributed by atoms with Gasteiger partial charge in [-0.3, -0.25) is 4.79 Å². The van der Waals surface area contributed by atoms with Gasteiger partial charge in [-0.2, -0.15) is 0 Å². The number of hydrogen-bond donors (Lipinski definition) is 2. The van der Waals surface area contributed by atoms with Crippen molar-refractivity contribution in [3.05, 3.63) is 35.5 Å². The number of nitrogens with zero attached hydrogens (tertiary/aromatic N) is 2. The number of hydrogen-bond acceptors (Lipinski definition) is 5. The van der Waals surface area contributed by atoms with E-state index in [1.165, 1.54) is 17.7 Å². The highest BCUT2D eigenvalue weighted by atomic mass is 32.2. The van der Waals surface area contributed by atoms with Gasteiger partial charge in [0.25, 0.3) is 0 Å². The van der Waals surface area contributed by atoms with Crippen LogP contribution in [0.15, 0.2) is 45.4 Å². The predicted molar refractivity (Wildman–Crippen MR) is 113 cm³/mol. The summed E-state index contributed by atoms with van der Waals surface area (Å²) in [5.41, 5.74) is 9.33. The fourth-order valence-corrected chi connectivity index (χ4v) is 4.64. The van der Waals surface area contributed by atoms with Gasteiger partial charge >= 0.3 is 0 Å². The Bertz CT molecular complexity index is 797. The van der Waals surface area contributed by atoms with E-state index in [0.29, 0.717) is 31.6 Å². The highest BCUT2D eigenvalue weighted by Crippen LogP contribution is 2.39. The Hall–Kier alpha value is -1.99. The van der Waals surface area contributed by atoms with Crippen LogP contribution in [0.1, 0.15) is 32.6 Å². The molecule has 0 aromatic heterocycles. The molecule has 7 heteroatoms. The molecule has 4 rings (SSSR count). The Morgan fingerprint density at radius 1 is 1.36 bits per heavy atom. The number of nitrogens with two attached hydrogens (primary N) is 1. The van der Waals surface area contributed by atoms with Gasteiger partial charge in [-0.15, -0.1) is 11.8 Å². The molecule has 1 aromatic rings. The van der Waals surface area contributed by atoms with Gasteiger partial charge in [0, 0.05) is 47.9 Å². The topological polar surface area (TPSA) is 80.0 Å². The number of thioether (sulfide) groups is 1. The maximum absolute atomic E-state index is 11.9. The van der Waals surface area contributed by atoms with Crippen LogP contribution in [0, 0.1) is 0 Å². The lowest BCUT2D eigenvalue weighted by atomic mass is 10.0. The van der Waals surface area contributed by atoms with E-state index in [1.807, 2.05) is 28.8 Å². The van der Waals surface area contributed by atoms with E-state index in [1.54, 1.807) is 6.92 Å². The van der Waals surface area contributed by atoms with Crippen LogP contribution in [-0.4, -0.2) is 54.2 Å². The van der Waals surface area contributed by atoms with E-state index in [4.69, 9.17) is 15.5 Å². The zero-order chi connectivity index (χ0) is 19.5. The number of nitrogens with one attached hydrogen (secondary N) is 1. The summed E-state index contributed by atoms with van der Waals surface area (Å²) in [4.78, 5) is 19.7. The van der Waals surface area contributed by atoms with Crippen LogP contribution in [0.25, 0.3) is 0 Å². The summed E-state index contributed by atoms with van der Waals surface area (Å²) in [6, 6.07) is 8.54. The van der Waals surface area contributed by atoms with E-state index >= 15 is 0 Å². The maximum atomic E-state index is 11.9. The van der Waals surface area contributed by atoms with Crippen LogP contribution in [0.4, 0.5) is 5.69 Å². The first-order chi connectivity index (χ1) is 13.6. The third-order valence-electron chi connectivity index (χ3n) is 5.30. The Kier molecular flexibility index (Phi) is 5.92. The number of ether oxygens (including phenoxy) is 1. The van der Waals surface area contributed by atoms with Gasteiger partial charge in [0.1, 0.15) is 5.84 Å². The third kappa shape index (κ3) is 4.89. The van der Waals surface area contributed by atoms with Crippen molar-refractivity contribution in [1.82, 2.24) is 10.2 Å². The van der Waals surface area contributed by atoms with E-state index < -0.39 is 0 Å². The van der Waals surface area contributed by atoms with Crippen molar-refractivity contribution in [3.8, 4) is 0 Å². The van der Waals surface area contributed by atoms with Crippen LogP contribution in [0.2, 0.25) is 0 Å². The molecule has 2 heterocycles. The van der Waals surface area contributed by atoms with Gasteiger partial charge in [-0.1, -0.05) is 6.07 Å². The molecule has 28 heavy (non-hydrogen) atoms. The van der Waals surface area contributed by atoms with Crippen molar-refractivity contribution in [2.75, 3.05) is 26.3 Å². The lowest BCUT2D eigenvalue weighted by Gasteiger charge is -2.31. The molecule has 2 aliphatic heterocycles. The van der Waals surface area contributed by atoms with Crippen molar-refractivity contribution in [3.63, 3.8) is 0 Å². The van der Waals surface area contributed by atoms with Crippen LogP contribution in [0.5, 0.6) is 0 Å². The predicted octanol–water partition coefficient (Wildman–Crippen LogP) is 2.81. The molecule has 0 spiro atoms. The summed E-state index contributed by atoms with van der Waals surface area (Å²) in [6.07, 6.45) is 4.35. The monoisotopic (exact) mass is 400 g/mol. The van der Waals surface area contributed by atoms with Crippen LogP contribution >= 0.6 is 11.8 Å². The molecular formula is C21H28N4O2S. The number of amides is 1. The molecule has 1 aliphatic carbocycles. The largest absolute Gasteiger partial charge is 0.383 e. The summed E-state index contributed by atoms with van der Waals surface area (Å²) in [6.45, 7) is 4.30. The highest BCUT2D eigenvalue weighted by Gasteiger charge is 2.26. The normalized spacial score (nSPS) is 23.2. The van der Waals surface area contributed by atoms with Gasteiger partial charge in [-0.05, 0) is 37.5 Å². The van der Waals surface area contributed by atoms with E-state index in [9.17, 15) is 4.79 Å². The van der Waals surface area contributed by atoms with Crippen molar-refractivity contribution in [1.29, 1.82) is 0 Å². The summed E-state index contributed by atoms with van der Waals surface area (Å²) >= 11 is 1.91.